The first kappa shape index (κ1) is 19.5. The molecular weight excluding hydrogens is 394 g/mol. The van der Waals surface area contributed by atoms with E-state index < -0.39 is 0 Å². The third-order valence-electron chi connectivity index (χ3n) is 6.57. The summed E-state index contributed by atoms with van der Waals surface area (Å²) in [5.74, 6) is 0.0733. The van der Waals surface area contributed by atoms with Crippen molar-refractivity contribution in [2.45, 2.75) is 44.8 Å². The van der Waals surface area contributed by atoms with Crippen LogP contribution < -0.4 is 0 Å². The number of hydrogen-bond acceptors (Lipinski definition) is 5. The highest BCUT2D eigenvalue weighted by Crippen LogP contribution is 2.29. The van der Waals surface area contributed by atoms with Crippen LogP contribution >= 0.6 is 11.3 Å². The highest BCUT2D eigenvalue weighted by molar-refractivity contribution is 7.07. The van der Waals surface area contributed by atoms with E-state index >= 15 is 0 Å². The number of aryl methyl sites for hydroxylation is 1. The molecule has 6 nitrogen and oxygen atoms in total. The average molecular weight is 422 g/mol. The van der Waals surface area contributed by atoms with Crippen molar-refractivity contribution >= 4 is 17.2 Å². The molecule has 1 aliphatic heterocycles. The van der Waals surface area contributed by atoms with E-state index in [4.69, 9.17) is 0 Å². The van der Waals surface area contributed by atoms with Crippen LogP contribution in [0.3, 0.4) is 0 Å². The Kier molecular flexibility index (Phi) is 5.16. The van der Waals surface area contributed by atoms with E-state index in [0.29, 0.717) is 18.3 Å². The van der Waals surface area contributed by atoms with Gasteiger partial charge in [-0.05, 0) is 43.9 Å². The minimum Gasteiger partial charge on any atom is -0.333 e. The van der Waals surface area contributed by atoms with Crippen molar-refractivity contribution in [3.05, 3.63) is 68.9 Å². The summed E-state index contributed by atoms with van der Waals surface area (Å²) in [5.41, 5.74) is 8.62. The lowest BCUT2D eigenvalue weighted by Gasteiger charge is -2.32. The number of amides is 1. The highest BCUT2D eigenvalue weighted by atomic mass is 32.1. The Hall–Kier alpha value is -2.51. The predicted octanol–water partition coefficient (Wildman–Crippen LogP) is 3.06. The molecule has 0 bridgehead atoms. The highest BCUT2D eigenvalue weighted by Gasteiger charge is 2.32. The normalized spacial score (nSPS) is 18.4. The molecule has 5 rings (SSSR count). The Balaban J connectivity index is 1.36. The standard InChI is InChI=1S/C23H27N5OS/c1-26(13-18-14-30-15-24-18)19-7-8-21-20(11-19)22(25-27(21)2)23(29)28-10-9-16-5-3-4-6-17(16)12-28/h3-6,14-15,19H,7-13H2,1-2H3. The van der Waals surface area contributed by atoms with Crippen LogP contribution in [-0.4, -0.2) is 50.1 Å². The molecule has 0 N–H and O–H groups in total. The molecule has 1 unspecified atom stereocenters. The van der Waals surface area contributed by atoms with E-state index in [1.54, 1.807) is 11.3 Å². The summed E-state index contributed by atoms with van der Waals surface area (Å²) in [7, 11) is 4.13. The zero-order valence-electron chi connectivity index (χ0n) is 17.5. The van der Waals surface area contributed by atoms with Crippen LogP contribution in [0.15, 0.2) is 35.2 Å². The van der Waals surface area contributed by atoms with Crippen molar-refractivity contribution in [1.29, 1.82) is 0 Å². The zero-order chi connectivity index (χ0) is 20.7. The molecule has 156 valence electrons. The quantitative estimate of drug-likeness (QED) is 0.650. The Bertz CT molecular complexity index is 1060. The molecule has 1 aromatic carbocycles. The third-order valence-corrected chi connectivity index (χ3v) is 7.20. The second kappa shape index (κ2) is 7.96. The van der Waals surface area contributed by atoms with Gasteiger partial charge < -0.3 is 4.90 Å². The van der Waals surface area contributed by atoms with Crippen molar-refractivity contribution in [2.24, 2.45) is 7.05 Å². The number of carbonyl (C=O) groups excluding carboxylic acids is 1. The maximum absolute atomic E-state index is 13.5. The fraction of sp³-hybridized carbons (Fsp3) is 0.435. The monoisotopic (exact) mass is 421 g/mol. The van der Waals surface area contributed by atoms with Gasteiger partial charge in [-0.2, -0.15) is 5.10 Å². The fourth-order valence-corrected chi connectivity index (χ4v) is 5.39. The number of carbonyl (C=O) groups is 1. The van der Waals surface area contributed by atoms with Crippen LogP contribution in [0, 0.1) is 0 Å². The number of thiazole rings is 1. The number of fused-ring (bicyclic) bond motifs is 2. The van der Waals surface area contributed by atoms with Gasteiger partial charge in [-0.1, -0.05) is 24.3 Å². The number of benzene rings is 1. The lowest BCUT2D eigenvalue weighted by molar-refractivity contribution is 0.0726. The molecule has 1 amide bonds. The van der Waals surface area contributed by atoms with E-state index in [9.17, 15) is 4.79 Å². The second-order valence-electron chi connectivity index (χ2n) is 8.43. The first-order valence-electron chi connectivity index (χ1n) is 10.6. The summed E-state index contributed by atoms with van der Waals surface area (Å²) in [6, 6.07) is 8.83. The first-order valence-corrected chi connectivity index (χ1v) is 11.5. The molecule has 0 spiro atoms. The van der Waals surface area contributed by atoms with Gasteiger partial charge >= 0.3 is 0 Å². The van der Waals surface area contributed by atoms with Crippen LogP contribution in [-0.2, 0) is 39.4 Å². The average Bonchev–Trinajstić information content (AvgIpc) is 3.40. The van der Waals surface area contributed by atoms with Crippen LogP contribution in [0.1, 0.15) is 45.0 Å². The fourth-order valence-electron chi connectivity index (χ4n) is 4.84. The topological polar surface area (TPSA) is 54.3 Å². The van der Waals surface area contributed by atoms with Gasteiger partial charge in [0.15, 0.2) is 5.69 Å². The van der Waals surface area contributed by atoms with Gasteiger partial charge in [0, 0.05) is 49.4 Å². The number of nitrogens with zero attached hydrogens (tertiary/aromatic N) is 5. The van der Waals surface area contributed by atoms with Gasteiger partial charge in [-0.25, -0.2) is 4.98 Å². The minimum absolute atomic E-state index is 0.0733. The van der Waals surface area contributed by atoms with Gasteiger partial charge in [-0.15, -0.1) is 11.3 Å². The maximum atomic E-state index is 13.5. The molecule has 0 fully saturated rings. The van der Waals surface area contributed by atoms with E-state index in [-0.39, 0.29) is 5.91 Å². The van der Waals surface area contributed by atoms with Crippen molar-refractivity contribution in [3.63, 3.8) is 0 Å². The summed E-state index contributed by atoms with van der Waals surface area (Å²) < 4.78 is 1.93. The largest absolute Gasteiger partial charge is 0.333 e. The Labute approximate surface area is 181 Å². The number of rotatable bonds is 4. The molecule has 1 atom stereocenters. The second-order valence-corrected chi connectivity index (χ2v) is 9.15. The summed E-state index contributed by atoms with van der Waals surface area (Å²) in [4.78, 5) is 22.2. The SMILES string of the molecule is CN(Cc1cscn1)C1CCc2c(c(C(=O)N3CCc4ccccc4C3)nn2C)C1. The zero-order valence-corrected chi connectivity index (χ0v) is 18.4. The Morgan fingerprint density at radius 1 is 1.27 bits per heavy atom. The molecule has 2 aliphatic rings. The van der Waals surface area contributed by atoms with E-state index in [1.165, 1.54) is 16.8 Å². The third kappa shape index (κ3) is 3.56. The molecule has 30 heavy (non-hydrogen) atoms. The van der Waals surface area contributed by atoms with Crippen LogP contribution in [0.4, 0.5) is 0 Å². The molecule has 3 aromatic rings. The molecule has 0 saturated heterocycles. The van der Waals surface area contributed by atoms with Crippen molar-refractivity contribution in [2.75, 3.05) is 13.6 Å². The number of aromatic nitrogens is 3. The number of likely N-dealkylation sites (N-methyl/N-ethyl adjacent to an activating group) is 1. The molecule has 3 heterocycles. The van der Waals surface area contributed by atoms with E-state index in [0.717, 1.165) is 50.0 Å². The lowest BCUT2D eigenvalue weighted by Crippen LogP contribution is -2.38. The molecule has 0 saturated carbocycles. The molecule has 2 aromatic heterocycles. The predicted molar refractivity (Wildman–Crippen MR) is 117 cm³/mol. The van der Waals surface area contributed by atoms with Crippen LogP contribution in [0.2, 0.25) is 0 Å². The van der Waals surface area contributed by atoms with Gasteiger partial charge in [-0.3, -0.25) is 14.4 Å². The summed E-state index contributed by atoms with van der Waals surface area (Å²) in [6.07, 6.45) is 3.82. The lowest BCUT2D eigenvalue weighted by atomic mass is 9.90. The van der Waals surface area contributed by atoms with E-state index in [2.05, 4.69) is 51.7 Å². The maximum Gasteiger partial charge on any atom is 0.274 e. The van der Waals surface area contributed by atoms with Gasteiger partial charge in [0.2, 0.25) is 0 Å². The Morgan fingerprint density at radius 2 is 2.10 bits per heavy atom. The van der Waals surface area contributed by atoms with E-state index in [1.807, 2.05) is 22.1 Å². The van der Waals surface area contributed by atoms with Gasteiger partial charge in [0.1, 0.15) is 0 Å². The van der Waals surface area contributed by atoms with Crippen molar-refractivity contribution < 1.29 is 4.79 Å². The molecular formula is C23H27N5OS. The molecule has 0 radical (unpaired) electrons. The summed E-state index contributed by atoms with van der Waals surface area (Å²) in [6.45, 7) is 2.28. The molecule has 7 heteroatoms. The Morgan fingerprint density at radius 3 is 2.90 bits per heavy atom. The number of hydrogen-bond donors (Lipinski definition) is 0. The first-order chi connectivity index (χ1) is 14.6. The van der Waals surface area contributed by atoms with Gasteiger partial charge in [0.25, 0.3) is 5.91 Å². The molecule has 1 aliphatic carbocycles. The van der Waals surface area contributed by atoms with Crippen molar-refractivity contribution in [3.8, 4) is 0 Å². The minimum atomic E-state index is 0.0733. The van der Waals surface area contributed by atoms with Crippen LogP contribution in [0.25, 0.3) is 0 Å². The van der Waals surface area contributed by atoms with Crippen LogP contribution in [0.5, 0.6) is 0 Å². The summed E-state index contributed by atoms with van der Waals surface area (Å²) >= 11 is 1.64. The van der Waals surface area contributed by atoms with Crippen molar-refractivity contribution in [1.82, 2.24) is 24.6 Å². The summed E-state index contributed by atoms with van der Waals surface area (Å²) in [5, 5.41) is 6.80. The smallest absolute Gasteiger partial charge is 0.274 e. The van der Waals surface area contributed by atoms with Gasteiger partial charge in [0.05, 0.1) is 11.2 Å².